The number of nitrogens with zero attached hydrogens (tertiary/aromatic N) is 1. The van der Waals surface area contributed by atoms with Gasteiger partial charge in [0.25, 0.3) is 5.56 Å². The van der Waals surface area contributed by atoms with E-state index in [1.54, 1.807) is 0 Å². The number of benzene rings is 2. The molecular weight excluding hydrogens is 312 g/mol. The van der Waals surface area contributed by atoms with Crippen LogP contribution < -0.4 is 5.56 Å². The maximum atomic E-state index is 11.3. The van der Waals surface area contributed by atoms with Gasteiger partial charge >= 0.3 is 0 Å². The molecule has 2 aromatic carbocycles. The third kappa shape index (κ3) is 4.36. The summed E-state index contributed by atoms with van der Waals surface area (Å²) in [5, 5.41) is 9.69. The maximum absolute atomic E-state index is 11.3. The number of aromatic hydroxyl groups is 1. The fourth-order valence-corrected chi connectivity index (χ4v) is 2.41. The van der Waals surface area contributed by atoms with Crippen LogP contribution in [0.15, 0.2) is 59.7 Å². The van der Waals surface area contributed by atoms with Gasteiger partial charge in [-0.05, 0) is 49.6 Å². The molecule has 4 heteroatoms. The van der Waals surface area contributed by atoms with Crippen LogP contribution in [0.4, 0.5) is 0 Å². The first-order valence-corrected chi connectivity index (χ1v) is 8.05. The highest BCUT2D eigenvalue weighted by Crippen LogP contribution is 2.12. The molecule has 0 aliphatic carbocycles. The molecule has 0 radical (unpaired) electrons. The van der Waals surface area contributed by atoms with Crippen LogP contribution in [0.5, 0.6) is 5.75 Å². The molecule has 0 unspecified atom stereocenters. The highest BCUT2D eigenvalue weighted by atomic mass is 16.3. The summed E-state index contributed by atoms with van der Waals surface area (Å²) in [7, 11) is 0. The van der Waals surface area contributed by atoms with E-state index in [0.29, 0.717) is 18.5 Å². The molecule has 0 spiro atoms. The van der Waals surface area contributed by atoms with Crippen LogP contribution in [0.25, 0.3) is 0 Å². The summed E-state index contributed by atoms with van der Waals surface area (Å²) in [6, 6.07) is 16.1. The van der Waals surface area contributed by atoms with E-state index in [9.17, 15) is 9.90 Å². The predicted molar refractivity (Wildman–Crippen MR) is 97.5 cm³/mol. The van der Waals surface area contributed by atoms with Gasteiger partial charge in [0.05, 0.1) is 12.0 Å². The van der Waals surface area contributed by atoms with E-state index in [-0.39, 0.29) is 5.75 Å². The Kier molecular flexibility index (Phi) is 4.96. The van der Waals surface area contributed by atoms with E-state index in [2.05, 4.69) is 28.7 Å². The second-order valence-electron chi connectivity index (χ2n) is 5.84. The molecule has 0 saturated heterocycles. The summed E-state index contributed by atoms with van der Waals surface area (Å²) in [5.74, 6) is 6.00. The lowest BCUT2D eigenvalue weighted by molar-refractivity contribution is 0.454. The van der Waals surface area contributed by atoms with Crippen molar-refractivity contribution in [2.45, 2.75) is 19.8 Å². The first-order valence-electron chi connectivity index (χ1n) is 8.05. The topological polar surface area (TPSA) is 66.0 Å². The minimum atomic E-state index is -0.508. The van der Waals surface area contributed by atoms with Crippen LogP contribution in [-0.2, 0) is 12.8 Å². The molecule has 124 valence electrons. The average Bonchev–Trinajstić information content (AvgIpc) is 2.63. The summed E-state index contributed by atoms with van der Waals surface area (Å²) in [4.78, 5) is 17.7. The summed E-state index contributed by atoms with van der Waals surface area (Å²) in [6.45, 7) is 2.05. The van der Waals surface area contributed by atoms with Gasteiger partial charge in [0.1, 0.15) is 0 Å². The molecule has 4 nitrogen and oxygen atoms in total. The van der Waals surface area contributed by atoms with Crippen molar-refractivity contribution in [3.8, 4) is 17.6 Å². The highest BCUT2D eigenvalue weighted by molar-refractivity contribution is 5.44. The minimum Gasteiger partial charge on any atom is -0.502 e. The summed E-state index contributed by atoms with van der Waals surface area (Å²) in [6.07, 6.45) is 2.50. The molecule has 0 atom stereocenters. The number of rotatable bonds is 3. The molecule has 0 fully saturated rings. The number of hydrogen-bond donors (Lipinski definition) is 2. The molecule has 3 aromatic rings. The Morgan fingerprint density at radius 3 is 2.20 bits per heavy atom. The number of aromatic nitrogens is 2. The number of aryl methyl sites for hydroxylation is 3. The zero-order valence-corrected chi connectivity index (χ0v) is 13.9. The fraction of sp³-hybridized carbons (Fsp3) is 0.143. The van der Waals surface area contributed by atoms with Crippen molar-refractivity contribution < 1.29 is 5.11 Å². The van der Waals surface area contributed by atoms with Crippen LogP contribution in [0, 0.1) is 18.8 Å². The molecule has 1 heterocycles. The molecule has 0 bridgehead atoms. The van der Waals surface area contributed by atoms with Crippen LogP contribution in [0.3, 0.4) is 0 Å². The van der Waals surface area contributed by atoms with Gasteiger partial charge in [0.2, 0.25) is 5.75 Å². The SMILES string of the molecule is Cc1ccc(C#Cc2ccc(CCc3nc[nH]c(=O)c3O)cc2)cc1. The van der Waals surface area contributed by atoms with Crippen molar-refractivity contribution in [1.29, 1.82) is 0 Å². The standard InChI is InChI=1S/C21H18N2O2/c1-15-2-4-16(5-3-15)6-7-17-8-10-18(11-9-17)12-13-19-20(24)21(25)23-14-22-19/h2-5,8-11,14,24H,12-13H2,1H3,(H,22,23,25). The third-order valence-corrected chi connectivity index (χ3v) is 3.91. The zero-order valence-electron chi connectivity index (χ0n) is 13.9. The van der Waals surface area contributed by atoms with Gasteiger partial charge in [-0.25, -0.2) is 4.98 Å². The van der Waals surface area contributed by atoms with Crippen LogP contribution in [0.1, 0.15) is 27.9 Å². The lowest BCUT2D eigenvalue weighted by atomic mass is 10.1. The molecule has 25 heavy (non-hydrogen) atoms. The molecule has 1 aromatic heterocycles. The lowest BCUT2D eigenvalue weighted by Crippen LogP contribution is -2.09. The number of nitrogens with one attached hydrogen (secondary N) is 1. The van der Waals surface area contributed by atoms with Crippen molar-refractivity contribution in [1.82, 2.24) is 9.97 Å². The van der Waals surface area contributed by atoms with Crippen molar-refractivity contribution in [2.75, 3.05) is 0 Å². The molecule has 0 saturated carbocycles. The Morgan fingerprint density at radius 2 is 1.56 bits per heavy atom. The third-order valence-electron chi connectivity index (χ3n) is 3.91. The zero-order chi connectivity index (χ0) is 17.6. The van der Waals surface area contributed by atoms with E-state index in [0.717, 1.165) is 16.7 Å². The minimum absolute atomic E-state index is 0.303. The number of hydrogen-bond acceptors (Lipinski definition) is 3. The Balaban J connectivity index is 1.65. The van der Waals surface area contributed by atoms with Gasteiger partial charge in [-0.1, -0.05) is 41.7 Å². The Morgan fingerprint density at radius 1 is 0.960 bits per heavy atom. The monoisotopic (exact) mass is 330 g/mol. The maximum Gasteiger partial charge on any atom is 0.293 e. The predicted octanol–water partition coefficient (Wildman–Crippen LogP) is 2.97. The largest absolute Gasteiger partial charge is 0.502 e. The first kappa shape index (κ1) is 16.5. The van der Waals surface area contributed by atoms with Crippen LogP contribution in [-0.4, -0.2) is 15.1 Å². The van der Waals surface area contributed by atoms with E-state index >= 15 is 0 Å². The van der Waals surface area contributed by atoms with E-state index in [1.807, 2.05) is 48.5 Å². The van der Waals surface area contributed by atoms with Gasteiger partial charge in [-0.15, -0.1) is 0 Å². The molecular formula is C21H18N2O2. The van der Waals surface area contributed by atoms with Gasteiger partial charge in [0, 0.05) is 11.1 Å². The van der Waals surface area contributed by atoms with Crippen LogP contribution >= 0.6 is 0 Å². The molecule has 0 amide bonds. The van der Waals surface area contributed by atoms with E-state index < -0.39 is 5.56 Å². The number of H-pyrrole nitrogens is 1. The summed E-state index contributed by atoms with van der Waals surface area (Å²) in [5.41, 5.74) is 4.16. The van der Waals surface area contributed by atoms with Gasteiger partial charge < -0.3 is 10.1 Å². The normalized spacial score (nSPS) is 10.1. The Bertz CT molecular complexity index is 975. The summed E-state index contributed by atoms with van der Waals surface area (Å²) < 4.78 is 0. The Labute approximate surface area is 146 Å². The Hall–Kier alpha value is -3.32. The first-order chi connectivity index (χ1) is 12.1. The summed E-state index contributed by atoms with van der Waals surface area (Å²) >= 11 is 0. The average molecular weight is 330 g/mol. The van der Waals surface area contributed by atoms with Gasteiger partial charge in [-0.3, -0.25) is 4.79 Å². The van der Waals surface area contributed by atoms with Crippen molar-refractivity contribution in [3.63, 3.8) is 0 Å². The van der Waals surface area contributed by atoms with Gasteiger partial charge in [-0.2, -0.15) is 0 Å². The quantitative estimate of drug-likeness (QED) is 0.726. The fourth-order valence-electron chi connectivity index (χ4n) is 2.41. The second-order valence-corrected chi connectivity index (χ2v) is 5.84. The molecule has 0 aliphatic rings. The van der Waals surface area contributed by atoms with Crippen molar-refractivity contribution >= 4 is 0 Å². The van der Waals surface area contributed by atoms with Crippen LogP contribution in [0.2, 0.25) is 0 Å². The number of aromatic amines is 1. The highest BCUT2D eigenvalue weighted by Gasteiger charge is 2.06. The lowest BCUT2D eigenvalue weighted by Gasteiger charge is -2.03. The molecule has 2 N–H and O–H groups in total. The van der Waals surface area contributed by atoms with E-state index in [4.69, 9.17) is 0 Å². The second kappa shape index (κ2) is 7.50. The molecule has 0 aliphatic heterocycles. The van der Waals surface area contributed by atoms with Crippen molar-refractivity contribution in [3.05, 3.63) is 93.2 Å². The smallest absolute Gasteiger partial charge is 0.293 e. The van der Waals surface area contributed by atoms with Gasteiger partial charge in [0.15, 0.2) is 0 Å². The van der Waals surface area contributed by atoms with E-state index in [1.165, 1.54) is 11.9 Å². The van der Waals surface area contributed by atoms with Crippen molar-refractivity contribution in [2.24, 2.45) is 0 Å². The molecule has 3 rings (SSSR count).